The standard InChI is InChI=1S/C18H22N2O3/c21-16-10-15(18(16)6-8-22-9-7-18)19-11-14-12-20-17(23-14)13-4-2-1-3-5-13/h1-5,12,15-16,19,21H,6-11H2/t15-,16-/m1/s1. The molecule has 0 radical (unpaired) electrons. The van der Waals surface area contributed by atoms with E-state index in [0.29, 0.717) is 18.5 Å². The summed E-state index contributed by atoms with van der Waals surface area (Å²) in [6, 6.07) is 10.2. The number of rotatable bonds is 4. The molecule has 2 heterocycles. The van der Waals surface area contributed by atoms with Gasteiger partial charge in [0, 0.05) is 30.2 Å². The minimum Gasteiger partial charge on any atom is -0.440 e. The van der Waals surface area contributed by atoms with Gasteiger partial charge < -0.3 is 19.6 Å². The second-order valence-corrected chi connectivity index (χ2v) is 6.53. The Morgan fingerprint density at radius 1 is 1.22 bits per heavy atom. The molecule has 5 nitrogen and oxygen atoms in total. The molecule has 0 bridgehead atoms. The molecule has 4 rings (SSSR count). The molecular weight excluding hydrogens is 292 g/mol. The second-order valence-electron chi connectivity index (χ2n) is 6.53. The lowest BCUT2D eigenvalue weighted by atomic mass is 9.58. The van der Waals surface area contributed by atoms with Crippen molar-refractivity contribution in [3.63, 3.8) is 0 Å². The summed E-state index contributed by atoms with van der Waals surface area (Å²) in [7, 11) is 0. The maximum Gasteiger partial charge on any atom is 0.226 e. The van der Waals surface area contributed by atoms with E-state index in [2.05, 4.69) is 10.3 Å². The first kappa shape index (κ1) is 14.9. The Kier molecular flexibility index (Phi) is 3.93. The second kappa shape index (κ2) is 6.07. The first-order valence-corrected chi connectivity index (χ1v) is 8.27. The van der Waals surface area contributed by atoms with Crippen LogP contribution in [0.25, 0.3) is 11.5 Å². The smallest absolute Gasteiger partial charge is 0.226 e. The highest BCUT2D eigenvalue weighted by atomic mass is 16.5. The summed E-state index contributed by atoms with van der Waals surface area (Å²) in [5, 5.41) is 13.8. The van der Waals surface area contributed by atoms with E-state index < -0.39 is 0 Å². The largest absolute Gasteiger partial charge is 0.440 e. The molecule has 2 fully saturated rings. The van der Waals surface area contributed by atoms with Crippen molar-refractivity contribution in [3.8, 4) is 11.5 Å². The lowest BCUT2D eigenvalue weighted by molar-refractivity contribution is -0.149. The van der Waals surface area contributed by atoms with Gasteiger partial charge in [-0.25, -0.2) is 4.98 Å². The van der Waals surface area contributed by atoms with Crippen molar-refractivity contribution in [1.82, 2.24) is 10.3 Å². The fourth-order valence-corrected chi connectivity index (χ4v) is 3.81. The Bertz CT molecular complexity index is 649. The summed E-state index contributed by atoms with van der Waals surface area (Å²) in [5.41, 5.74) is 0.972. The maximum absolute atomic E-state index is 10.2. The molecule has 2 atom stereocenters. The van der Waals surface area contributed by atoms with E-state index in [0.717, 1.165) is 43.8 Å². The SMILES string of the molecule is O[C@@H]1C[C@@H](NCc2cnc(-c3ccccc3)o2)C12CCOCC2. The van der Waals surface area contributed by atoms with Crippen LogP contribution in [0.3, 0.4) is 0 Å². The van der Waals surface area contributed by atoms with Crippen molar-refractivity contribution >= 4 is 0 Å². The highest BCUT2D eigenvalue weighted by molar-refractivity contribution is 5.52. The van der Waals surface area contributed by atoms with Crippen molar-refractivity contribution in [2.45, 2.75) is 38.0 Å². The van der Waals surface area contributed by atoms with Gasteiger partial charge in [-0.15, -0.1) is 0 Å². The lowest BCUT2D eigenvalue weighted by Gasteiger charge is -2.55. The summed E-state index contributed by atoms with van der Waals surface area (Å²) in [6.07, 6.45) is 4.23. The number of hydrogen-bond donors (Lipinski definition) is 2. The van der Waals surface area contributed by atoms with Gasteiger partial charge in [-0.1, -0.05) is 18.2 Å². The number of aliphatic hydroxyl groups is 1. The molecule has 2 aromatic rings. The van der Waals surface area contributed by atoms with Gasteiger partial charge >= 0.3 is 0 Å². The normalized spacial score (nSPS) is 26.1. The van der Waals surface area contributed by atoms with Crippen molar-refractivity contribution in [2.24, 2.45) is 5.41 Å². The average molecular weight is 314 g/mol. The van der Waals surface area contributed by atoms with Gasteiger partial charge in [-0.3, -0.25) is 0 Å². The van der Waals surface area contributed by atoms with E-state index in [1.54, 1.807) is 6.20 Å². The fraction of sp³-hybridized carbons (Fsp3) is 0.500. The Morgan fingerprint density at radius 2 is 2.00 bits per heavy atom. The molecule has 1 aliphatic carbocycles. The summed E-state index contributed by atoms with van der Waals surface area (Å²) in [5.74, 6) is 1.48. The molecule has 1 aliphatic heterocycles. The van der Waals surface area contributed by atoms with Gasteiger partial charge in [0.15, 0.2) is 0 Å². The summed E-state index contributed by atoms with van der Waals surface area (Å²) < 4.78 is 11.3. The van der Waals surface area contributed by atoms with Gasteiger partial charge in [0.2, 0.25) is 5.89 Å². The van der Waals surface area contributed by atoms with E-state index in [1.807, 2.05) is 30.3 Å². The van der Waals surface area contributed by atoms with E-state index in [-0.39, 0.29) is 11.5 Å². The van der Waals surface area contributed by atoms with Gasteiger partial charge in [-0.2, -0.15) is 0 Å². The fourth-order valence-electron chi connectivity index (χ4n) is 3.81. The topological polar surface area (TPSA) is 67.5 Å². The van der Waals surface area contributed by atoms with E-state index in [9.17, 15) is 5.11 Å². The van der Waals surface area contributed by atoms with Crippen molar-refractivity contribution < 1.29 is 14.3 Å². The zero-order chi connectivity index (χ0) is 15.7. The Morgan fingerprint density at radius 3 is 2.74 bits per heavy atom. The van der Waals surface area contributed by atoms with Crippen LogP contribution in [-0.4, -0.2) is 35.5 Å². The van der Waals surface area contributed by atoms with Crippen molar-refractivity contribution in [1.29, 1.82) is 0 Å². The van der Waals surface area contributed by atoms with Crippen LogP contribution in [0.15, 0.2) is 40.9 Å². The number of aliphatic hydroxyl groups excluding tert-OH is 1. The first-order chi connectivity index (χ1) is 11.3. The van der Waals surface area contributed by atoms with E-state index in [4.69, 9.17) is 9.15 Å². The predicted molar refractivity (Wildman–Crippen MR) is 85.7 cm³/mol. The molecule has 1 aromatic carbocycles. The number of ether oxygens (including phenoxy) is 1. The van der Waals surface area contributed by atoms with Crippen molar-refractivity contribution in [3.05, 3.63) is 42.3 Å². The van der Waals surface area contributed by atoms with Gasteiger partial charge in [0.25, 0.3) is 0 Å². The number of benzene rings is 1. The van der Waals surface area contributed by atoms with Gasteiger partial charge in [0.05, 0.1) is 18.8 Å². The van der Waals surface area contributed by atoms with Gasteiger partial charge in [0.1, 0.15) is 5.76 Å². The molecule has 5 heteroatoms. The zero-order valence-electron chi connectivity index (χ0n) is 13.1. The maximum atomic E-state index is 10.2. The monoisotopic (exact) mass is 314 g/mol. The van der Waals surface area contributed by atoms with Crippen LogP contribution in [0.5, 0.6) is 0 Å². The molecule has 122 valence electrons. The Labute approximate surface area is 135 Å². The molecule has 2 aliphatic rings. The zero-order valence-corrected chi connectivity index (χ0v) is 13.1. The Balaban J connectivity index is 1.39. The third-order valence-electron chi connectivity index (χ3n) is 5.34. The molecule has 1 spiro atoms. The van der Waals surface area contributed by atoms with Crippen LogP contribution in [0.2, 0.25) is 0 Å². The molecule has 1 aromatic heterocycles. The molecule has 1 saturated heterocycles. The summed E-state index contributed by atoms with van der Waals surface area (Å²) in [4.78, 5) is 4.35. The number of nitrogens with one attached hydrogen (secondary N) is 1. The van der Waals surface area contributed by atoms with Crippen LogP contribution >= 0.6 is 0 Å². The molecular formula is C18H22N2O3. The molecule has 23 heavy (non-hydrogen) atoms. The number of hydrogen-bond acceptors (Lipinski definition) is 5. The molecule has 2 N–H and O–H groups in total. The van der Waals surface area contributed by atoms with E-state index in [1.165, 1.54) is 0 Å². The third-order valence-corrected chi connectivity index (χ3v) is 5.34. The number of aromatic nitrogens is 1. The summed E-state index contributed by atoms with van der Waals surface area (Å²) in [6.45, 7) is 2.13. The Hall–Kier alpha value is -1.69. The predicted octanol–water partition coefficient (Wildman–Crippen LogP) is 2.36. The molecule has 0 unspecified atom stereocenters. The van der Waals surface area contributed by atoms with Gasteiger partial charge in [-0.05, 0) is 31.4 Å². The van der Waals surface area contributed by atoms with Crippen molar-refractivity contribution in [2.75, 3.05) is 13.2 Å². The minimum absolute atomic E-state index is 0.0134. The minimum atomic E-state index is -0.210. The van der Waals surface area contributed by atoms with Crippen LogP contribution in [-0.2, 0) is 11.3 Å². The lowest BCUT2D eigenvalue weighted by Crippen LogP contribution is -2.64. The van der Waals surface area contributed by atoms with Crippen LogP contribution in [0, 0.1) is 5.41 Å². The molecule has 0 amide bonds. The average Bonchev–Trinajstić information content (AvgIpc) is 3.09. The molecule has 1 saturated carbocycles. The third kappa shape index (κ3) is 2.69. The van der Waals surface area contributed by atoms with Crippen LogP contribution in [0.4, 0.5) is 0 Å². The van der Waals surface area contributed by atoms with Crippen LogP contribution in [0.1, 0.15) is 25.0 Å². The van der Waals surface area contributed by atoms with E-state index >= 15 is 0 Å². The highest BCUT2D eigenvalue weighted by Gasteiger charge is 2.54. The summed E-state index contributed by atoms with van der Waals surface area (Å²) >= 11 is 0. The quantitative estimate of drug-likeness (QED) is 0.907. The van der Waals surface area contributed by atoms with Crippen LogP contribution < -0.4 is 5.32 Å². The first-order valence-electron chi connectivity index (χ1n) is 8.27. The number of nitrogens with zero attached hydrogens (tertiary/aromatic N) is 1. The number of oxazole rings is 1. The highest BCUT2D eigenvalue weighted by Crippen LogP contribution is 2.49.